The van der Waals surface area contributed by atoms with Gasteiger partial charge >= 0.3 is 0 Å². The molecular formula is C13H11BrN2O3. The minimum Gasteiger partial charge on any atom is -0.508 e. The van der Waals surface area contributed by atoms with Crippen molar-refractivity contribution in [2.24, 2.45) is 0 Å². The van der Waals surface area contributed by atoms with Crippen molar-refractivity contribution in [3.05, 3.63) is 46.4 Å². The molecule has 2 aromatic carbocycles. The lowest BCUT2D eigenvalue weighted by molar-refractivity contribution is 0.102. The van der Waals surface area contributed by atoms with Crippen LogP contribution in [0.25, 0.3) is 0 Å². The van der Waals surface area contributed by atoms with E-state index in [0.29, 0.717) is 15.8 Å². The first-order chi connectivity index (χ1) is 8.95. The van der Waals surface area contributed by atoms with Crippen molar-refractivity contribution in [2.45, 2.75) is 0 Å². The van der Waals surface area contributed by atoms with Crippen molar-refractivity contribution < 1.29 is 15.0 Å². The smallest absolute Gasteiger partial charge is 0.255 e. The monoisotopic (exact) mass is 322 g/mol. The van der Waals surface area contributed by atoms with E-state index in [-0.39, 0.29) is 17.1 Å². The number of phenols is 2. The summed E-state index contributed by atoms with van der Waals surface area (Å²) >= 11 is 3.29. The maximum absolute atomic E-state index is 12.0. The van der Waals surface area contributed by atoms with E-state index in [4.69, 9.17) is 5.73 Å². The number of hydrogen-bond acceptors (Lipinski definition) is 4. The molecule has 5 nitrogen and oxygen atoms in total. The Morgan fingerprint density at radius 1 is 1.11 bits per heavy atom. The van der Waals surface area contributed by atoms with Crippen LogP contribution in [-0.2, 0) is 0 Å². The average molecular weight is 323 g/mol. The quantitative estimate of drug-likeness (QED) is 0.639. The van der Waals surface area contributed by atoms with Gasteiger partial charge in [0.1, 0.15) is 11.5 Å². The van der Waals surface area contributed by atoms with E-state index < -0.39 is 5.91 Å². The number of halogens is 1. The lowest BCUT2D eigenvalue weighted by atomic mass is 10.2. The number of nitrogens with one attached hydrogen (secondary N) is 1. The first kappa shape index (κ1) is 13.2. The highest BCUT2D eigenvalue weighted by molar-refractivity contribution is 9.10. The number of carbonyl (C=O) groups excluding carboxylic acids is 1. The molecule has 0 saturated carbocycles. The summed E-state index contributed by atoms with van der Waals surface area (Å²) in [7, 11) is 0. The van der Waals surface area contributed by atoms with E-state index in [1.165, 1.54) is 12.1 Å². The van der Waals surface area contributed by atoms with Gasteiger partial charge in [0.15, 0.2) is 0 Å². The highest BCUT2D eigenvalue weighted by Crippen LogP contribution is 2.26. The Labute approximate surface area is 117 Å². The number of nitrogen functional groups attached to an aromatic ring is 1. The second kappa shape index (κ2) is 5.19. The van der Waals surface area contributed by atoms with Gasteiger partial charge in [0.05, 0.1) is 5.69 Å². The van der Waals surface area contributed by atoms with Crippen LogP contribution in [0.1, 0.15) is 10.4 Å². The van der Waals surface area contributed by atoms with Crippen LogP contribution >= 0.6 is 15.9 Å². The van der Waals surface area contributed by atoms with Crippen molar-refractivity contribution >= 4 is 33.2 Å². The molecular weight excluding hydrogens is 312 g/mol. The van der Waals surface area contributed by atoms with Crippen LogP contribution in [-0.4, -0.2) is 16.1 Å². The number of carbonyl (C=O) groups is 1. The SMILES string of the molecule is Nc1ccc(Br)c(NC(=O)c2cc(O)cc(O)c2)c1. The maximum Gasteiger partial charge on any atom is 0.255 e. The molecule has 19 heavy (non-hydrogen) atoms. The van der Waals surface area contributed by atoms with Crippen LogP contribution < -0.4 is 11.1 Å². The normalized spacial score (nSPS) is 10.2. The van der Waals surface area contributed by atoms with Gasteiger partial charge in [-0.2, -0.15) is 0 Å². The number of hydrogen-bond donors (Lipinski definition) is 4. The number of anilines is 2. The third kappa shape index (κ3) is 3.17. The van der Waals surface area contributed by atoms with Gasteiger partial charge in [0.2, 0.25) is 0 Å². The molecule has 5 N–H and O–H groups in total. The standard InChI is InChI=1S/C13H11BrN2O3/c14-11-2-1-8(15)5-12(11)16-13(19)7-3-9(17)6-10(18)4-7/h1-6,17-18H,15H2,(H,16,19). The Balaban J connectivity index is 2.28. The Hall–Kier alpha value is -2.21. The van der Waals surface area contributed by atoms with Gasteiger partial charge in [-0.15, -0.1) is 0 Å². The van der Waals surface area contributed by atoms with Gasteiger partial charge in [-0.1, -0.05) is 0 Å². The van der Waals surface area contributed by atoms with Gasteiger partial charge in [-0.25, -0.2) is 0 Å². The largest absolute Gasteiger partial charge is 0.508 e. The fourth-order valence-electron chi connectivity index (χ4n) is 1.56. The molecule has 0 aromatic heterocycles. The van der Waals surface area contributed by atoms with Crippen molar-refractivity contribution in [3.8, 4) is 11.5 Å². The minimum absolute atomic E-state index is 0.145. The molecule has 0 fully saturated rings. The van der Waals surface area contributed by atoms with Crippen LogP contribution in [0.3, 0.4) is 0 Å². The molecule has 0 unspecified atom stereocenters. The molecule has 6 heteroatoms. The van der Waals surface area contributed by atoms with E-state index in [0.717, 1.165) is 6.07 Å². The highest BCUT2D eigenvalue weighted by atomic mass is 79.9. The van der Waals surface area contributed by atoms with Crippen molar-refractivity contribution in [2.75, 3.05) is 11.1 Å². The summed E-state index contributed by atoms with van der Waals surface area (Å²) in [5, 5.41) is 21.3. The number of aromatic hydroxyl groups is 2. The molecule has 2 aromatic rings. The topological polar surface area (TPSA) is 95.6 Å². The van der Waals surface area contributed by atoms with Crippen molar-refractivity contribution in [3.63, 3.8) is 0 Å². The van der Waals surface area contributed by atoms with Crippen molar-refractivity contribution in [1.82, 2.24) is 0 Å². The molecule has 0 aliphatic rings. The van der Waals surface area contributed by atoms with Gasteiger partial charge < -0.3 is 21.3 Å². The van der Waals surface area contributed by atoms with Crippen LogP contribution in [0.15, 0.2) is 40.9 Å². The molecule has 0 aliphatic carbocycles. The van der Waals surface area contributed by atoms with Gasteiger partial charge in [-0.05, 0) is 46.3 Å². The van der Waals surface area contributed by atoms with Crippen LogP contribution in [0.2, 0.25) is 0 Å². The number of phenolic OH excluding ortho intramolecular Hbond substituents is 2. The Morgan fingerprint density at radius 3 is 2.37 bits per heavy atom. The minimum atomic E-state index is -0.461. The average Bonchev–Trinajstić information content (AvgIpc) is 2.32. The van der Waals surface area contributed by atoms with Crippen LogP contribution in [0, 0.1) is 0 Å². The third-order valence-corrected chi connectivity index (χ3v) is 3.09. The lowest BCUT2D eigenvalue weighted by Crippen LogP contribution is -2.12. The summed E-state index contributed by atoms with van der Waals surface area (Å²) in [5.41, 5.74) is 6.80. The first-order valence-corrected chi connectivity index (χ1v) is 6.14. The summed E-state index contributed by atoms with van der Waals surface area (Å²) in [6, 6.07) is 8.67. The molecule has 0 aliphatic heterocycles. The highest BCUT2D eigenvalue weighted by Gasteiger charge is 2.10. The summed E-state index contributed by atoms with van der Waals surface area (Å²) in [6.45, 7) is 0. The summed E-state index contributed by atoms with van der Waals surface area (Å²) in [6.07, 6.45) is 0. The molecule has 0 radical (unpaired) electrons. The third-order valence-electron chi connectivity index (χ3n) is 2.40. The van der Waals surface area contributed by atoms with E-state index in [1.807, 2.05) is 0 Å². The second-order valence-corrected chi connectivity index (χ2v) is 4.79. The number of benzene rings is 2. The summed E-state index contributed by atoms with van der Waals surface area (Å²) < 4.78 is 0.680. The van der Waals surface area contributed by atoms with Gasteiger partial charge in [0.25, 0.3) is 5.91 Å². The molecule has 0 bridgehead atoms. The number of rotatable bonds is 2. The molecule has 0 saturated heterocycles. The fourth-order valence-corrected chi connectivity index (χ4v) is 1.91. The predicted molar refractivity (Wildman–Crippen MR) is 76.3 cm³/mol. The number of nitrogens with two attached hydrogens (primary N) is 1. The second-order valence-electron chi connectivity index (χ2n) is 3.93. The maximum atomic E-state index is 12.0. The molecule has 2 rings (SSSR count). The van der Waals surface area contributed by atoms with Crippen molar-refractivity contribution in [1.29, 1.82) is 0 Å². The molecule has 1 amide bonds. The Bertz CT molecular complexity index is 624. The van der Waals surface area contributed by atoms with Crippen LogP contribution in [0.4, 0.5) is 11.4 Å². The fraction of sp³-hybridized carbons (Fsp3) is 0. The first-order valence-electron chi connectivity index (χ1n) is 5.35. The van der Waals surface area contributed by atoms with E-state index in [1.54, 1.807) is 18.2 Å². The van der Waals surface area contributed by atoms with E-state index >= 15 is 0 Å². The summed E-state index contributed by atoms with van der Waals surface area (Å²) in [4.78, 5) is 12.0. The predicted octanol–water partition coefficient (Wildman–Crippen LogP) is 2.69. The zero-order chi connectivity index (χ0) is 14.0. The zero-order valence-electron chi connectivity index (χ0n) is 9.72. The Kier molecular flexibility index (Phi) is 3.62. The van der Waals surface area contributed by atoms with Gasteiger partial charge in [0, 0.05) is 21.8 Å². The summed E-state index contributed by atoms with van der Waals surface area (Å²) in [5.74, 6) is -0.828. The van der Waals surface area contributed by atoms with E-state index in [9.17, 15) is 15.0 Å². The molecule has 0 heterocycles. The number of amides is 1. The van der Waals surface area contributed by atoms with E-state index in [2.05, 4.69) is 21.2 Å². The lowest BCUT2D eigenvalue weighted by Gasteiger charge is -2.09. The Morgan fingerprint density at radius 2 is 1.74 bits per heavy atom. The molecule has 0 spiro atoms. The molecule has 98 valence electrons. The van der Waals surface area contributed by atoms with Crippen LogP contribution in [0.5, 0.6) is 11.5 Å². The zero-order valence-corrected chi connectivity index (χ0v) is 11.3. The molecule has 0 atom stereocenters. The van der Waals surface area contributed by atoms with Gasteiger partial charge in [-0.3, -0.25) is 4.79 Å².